The second-order valence-electron chi connectivity index (χ2n) is 3.19. The Morgan fingerprint density at radius 3 is 2.58 bits per heavy atom. The van der Waals surface area contributed by atoms with E-state index in [1.54, 1.807) is 29.5 Å². The Hall–Kier alpha value is -1.13. The maximum Gasteiger partial charge on any atom is 0.574 e. The van der Waals surface area contributed by atoms with Crippen LogP contribution in [0, 0.1) is 3.70 Å². The summed E-state index contributed by atoms with van der Waals surface area (Å²) in [5.74, 6) is -1.69. The van der Waals surface area contributed by atoms with Gasteiger partial charge in [-0.15, -0.1) is 13.2 Å². The molecule has 9 heteroatoms. The van der Waals surface area contributed by atoms with Crippen molar-refractivity contribution in [1.82, 2.24) is 4.98 Å². The lowest BCUT2D eigenvalue weighted by Crippen LogP contribution is -2.20. The first-order valence-electron chi connectivity index (χ1n) is 4.96. The Labute approximate surface area is 119 Å². The molecule has 19 heavy (non-hydrogen) atoms. The van der Waals surface area contributed by atoms with E-state index in [1.165, 1.54) is 0 Å². The number of nitrogens with zero attached hydrogens (tertiary/aromatic N) is 1. The highest BCUT2D eigenvalue weighted by Crippen LogP contribution is 2.28. The molecular formula is C10H8F4INO3. The van der Waals surface area contributed by atoms with Gasteiger partial charge in [0, 0.05) is 5.56 Å². The van der Waals surface area contributed by atoms with Gasteiger partial charge in [-0.2, -0.15) is 0 Å². The summed E-state index contributed by atoms with van der Waals surface area (Å²) in [6.45, 7) is 0.401. The van der Waals surface area contributed by atoms with Gasteiger partial charge in [0.2, 0.25) is 5.88 Å². The zero-order valence-electron chi connectivity index (χ0n) is 9.55. The Morgan fingerprint density at radius 2 is 2.11 bits per heavy atom. The van der Waals surface area contributed by atoms with Crippen molar-refractivity contribution >= 4 is 28.6 Å². The first-order chi connectivity index (χ1) is 8.78. The largest absolute Gasteiger partial charge is 0.574 e. The number of hydrogen-bond donors (Lipinski definition) is 0. The van der Waals surface area contributed by atoms with Gasteiger partial charge in [0.25, 0.3) is 0 Å². The van der Waals surface area contributed by atoms with Crippen molar-refractivity contribution in [2.24, 2.45) is 0 Å². The van der Waals surface area contributed by atoms with Crippen LogP contribution in [0.2, 0.25) is 0 Å². The second-order valence-corrected chi connectivity index (χ2v) is 4.21. The second kappa shape index (κ2) is 6.35. The highest BCUT2D eigenvalue weighted by Gasteiger charge is 2.33. The summed E-state index contributed by atoms with van der Waals surface area (Å²) in [5, 5.41) is 0. The fourth-order valence-electron chi connectivity index (χ4n) is 1.16. The van der Waals surface area contributed by atoms with Crippen LogP contribution < -0.4 is 4.74 Å². The van der Waals surface area contributed by atoms with Gasteiger partial charge >= 0.3 is 12.3 Å². The van der Waals surface area contributed by atoms with Crippen LogP contribution in [-0.4, -0.2) is 23.9 Å². The molecular weight excluding hydrogens is 385 g/mol. The summed E-state index contributed by atoms with van der Waals surface area (Å²) in [5.41, 5.74) is -0.578. The van der Waals surface area contributed by atoms with E-state index in [2.05, 4.69) is 14.5 Å². The molecule has 106 valence electrons. The van der Waals surface area contributed by atoms with Gasteiger partial charge in [-0.05, 0) is 35.6 Å². The minimum absolute atomic E-state index is 0.0625. The zero-order valence-corrected chi connectivity index (χ0v) is 11.7. The van der Waals surface area contributed by atoms with E-state index in [0.29, 0.717) is 0 Å². The molecule has 0 saturated carbocycles. The van der Waals surface area contributed by atoms with Crippen molar-refractivity contribution < 1.29 is 31.8 Å². The van der Waals surface area contributed by atoms with E-state index in [-0.39, 0.29) is 15.9 Å². The Morgan fingerprint density at radius 1 is 1.47 bits per heavy atom. The quantitative estimate of drug-likeness (QED) is 0.341. The van der Waals surface area contributed by atoms with Gasteiger partial charge in [0.15, 0.2) is 0 Å². The first-order valence-corrected chi connectivity index (χ1v) is 6.04. The lowest BCUT2D eigenvalue weighted by Gasteiger charge is -2.12. The predicted molar refractivity (Wildman–Crippen MR) is 64.4 cm³/mol. The zero-order chi connectivity index (χ0) is 14.6. The topological polar surface area (TPSA) is 48.4 Å². The Bertz CT molecular complexity index is 479. The number of hydrogen-bond acceptors (Lipinski definition) is 4. The van der Waals surface area contributed by atoms with Crippen molar-refractivity contribution in [2.75, 3.05) is 6.61 Å². The van der Waals surface area contributed by atoms with Crippen molar-refractivity contribution in [3.8, 4) is 5.88 Å². The van der Waals surface area contributed by atoms with Gasteiger partial charge in [0.05, 0.1) is 12.2 Å². The lowest BCUT2D eigenvalue weighted by molar-refractivity contribution is -0.276. The van der Waals surface area contributed by atoms with Crippen molar-refractivity contribution in [3.63, 3.8) is 0 Å². The minimum Gasteiger partial charge on any atom is -0.462 e. The van der Waals surface area contributed by atoms with Gasteiger partial charge in [0.1, 0.15) is 10.4 Å². The molecule has 0 bridgehead atoms. The van der Waals surface area contributed by atoms with Crippen LogP contribution in [-0.2, 0) is 11.4 Å². The van der Waals surface area contributed by atoms with Crippen LogP contribution in [0.4, 0.5) is 17.6 Å². The van der Waals surface area contributed by atoms with Crippen LogP contribution in [0.25, 0.3) is 0 Å². The van der Waals surface area contributed by atoms with Crippen LogP contribution >= 0.6 is 22.6 Å². The SMILES string of the molecule is CCOC(=O)c1cc(CF)c(OC(F)(F)F)nc1I. The highest BCUT2D eigenvalue weighted by atomic mass is 127. The van der Waals surface area contributed by atoms with Crippen molar-refractivity contribution in [1.29, 1.82) is 0 Å². The fourth-order valence-corrected chi connectivity index (χ4v) is 1.76. The standard InChI is InChI=1S/C10H8F4INO3/c1-2-18-9(17)6-3-5(4-11)8(16-7(6)15)19-10(12,13)14/h3H,2,4H2,1H3. The number of carbonyl (C=O) groups excluding carboxylic acids is 1. The molecule has 0 aromatic carbocycles. The molecule has 1 heterocycles. The van der Waals surface area contributed by atoms with E-state index < -0.39 is 30.4 Å². The van der Waals surface area contributed by atoms with Crippen molar-refractivity contribution in [3.05, 3.63) is 20.9 Å². The smallest absolute Gasteiger partial charge is 0.462 e. The van der Waals surface area contributed by atoms with E-state index >= 15 is 0 Å². The lowest BCUT2D eigenvalue weighted by atomic mass is 10.2. The van der Waals surface area contributed by atoms with Gasteiger partial charge < -0.3 is 9.47 Å². The molecule has 1 aromatic heterocycles. The summed E-state index contributed by atoms with van der Waals surface area (Å²) < 4.78 is 57.2. The summed E-state index contributed by atoms with van der Waals surface area (Å²) in [6.07, 6.45) is -4.98. The van der Waals surface area contributed by atoms with E-state index in [9.17, 15) is 22.4 Å². The van der Waals surface area contributed by atoms with Crippen LogP contribution in [0.15, 0.2) is 6.07 Å². The summed E-state index contributed by atoms with van der Waals surface area (Å²) in [4.78, 5) is 14.9. The van der Waals surface area contributed by atoms with E-state index in [1.807, 2.05) is 0 Å². The molecule has 0 aliphatic carbocycles. The monoisotopic (exact) mass is 393 g/mol. The van der Waals surface area contributed by atoms with Crippen LogP contribution in [0.5, 0.6) is 5.88 Å². The minimum atomic E-state index is -4.98. The Kier molecular flexibility index (Phi) is 5.32. The maximum absolute atomic E-state index is 12.7. The highest BCUT2D eigenvalue weighted by molar-refractivity contribution is 14.1. The molecule has 0 saturated heterocycles. The van der Waals surface area contributed by atoms with Crippen molar-refractivity contribution in [2.45, 2.75) is 20.0 Å². The normalized spacial score (nSPS) is 11.3. The molecule has 0 atom stereocenters. The van der Waals surface area contributed by atoms with Crippen LogP contribution in [0.1, 0.15) is 22.8 Å². The van der Waals surface area contributed by atoms with Gasteiger partial charge in [-0.3, -0.25) is 0 Å². The van der Waals surface area contributed by atoms with E-state index in [4.69, 9.17) is 0 Å². The third kappa shape index (κ3) is 4.48. The average molecular weight is 393 g/mol. The molecule has 0 aliphatic rings. The van der Waals surface area contributed by atoms with Gasteiger partial charge in [-0.25, -0.2) is 14.2 Å². The number of rotatable bonds is 4. The molecule has 1 aromatic rings. The first kappa shape index (κ1) is 15.9. The van der Waals surface area contributed by atoms with E-state index in [0.717, 1.165) is 6.07 Å². The fraction of sp³-hybridized carbons (Fsp3) is 0.400. The molecule has 0 radical (unpaired) electrons. The predicted octanol–water partition coefficient (Wildman–Crippen LogP) is 3.23. The Balaban J connectivity index is 3.17. The number of aromatic nitrogens is 1. The maximum atomic E-state index is 12.7. The number of carbonyl (C=O) groups is 1. The molecule has 0 spiro atoms. The molecule has 4 nitrogen and oxygen atoms in total. The number of halogens is 5. The number of esters is 1. The molecule has 0 N–H and O–H groups in total. The molecule has 1 rings (SSSR count). The third-order valence-electron chi connectivity index (χ3n) is 1.87. The number of alkyl halides is 4. The summed E-state index contributed by atoms with van der Waals surface area (Å²) >= 11 is 1.54. The summed E-state index contributed by atoms with van der Waals surface area (Å²) in [7, 11) is 0. The molecule has 0 aliphatic heterocycles. The third-order valence-corrected chi connectivity index (χ3v) is 2.69. The average Bonchev–Trinajstić information content (AvgIpc) is 2.27. The summed E-state index contributed by atoms with van der Waals surface area (Å²) in [6, 6.07) is 0.938. The molecule has 0 fully saturated rings. The molecule has 0 amide bonds. The molecule has 0 unspecified atom stereocenters. The number of ether oxygens (including phenoxy) is 2. The van der Waals surface area contributed by atoms with Gasteiger partial charge in [-0.1, -0.05) is 0 Å². The van der Waals surface area contributed by atoms with Crippen LogP contribution in [0.3, 0.4) is 0 Å². The number of pyridine rings is 1.